The summed E-state index contributed by atoms with van der Waals surface area (Å²) in [6.45, 7) is 10.9. The van der Waals surface area contributed by atoms with Crippen molar-refractivity contribution in [1.82, 2.24) is 42.1 Å². The number of carboxylic acid groups (broad SMARTS) is 1. The van der Waals surface area contributed by atoms with Crippen molar-refractivity contribution in [2.75, 3.05) is 25.4 Å². The highest BCUT2D eigenvalue weighted by atomic mass is 32.1. The third-order valence-corrected chi connectivity index (χ3v) is 13.3. The number of thiol groups is 1. The number of hydrogen-bond acceptors (Lipinski definition) is 15. The number of rotatable bonds is 32. The zero-order valence-electron chi connectivity index (χ0n) is 43.6. The van der Waals surface area contributed by atoms with Gasteiger partial charge in [-0.1, -0.05) is 66.5 Å². The van der Waals surface area contributed by atoms with Crippen LogP contribution in [0.5, 0.6) is 5.75 Å². The number of hydrogen-bond donors (Lipinski definition) is 15. The van der Waals surface area contributed by atoms with E-state index in [1.165, 1.54) is 29.2 Å². The lowest BCUT2D eigenvalue weighted by Crippen LogP contribution is -2.62. The number of likely N-dealkylation sites (tertiary alicyclic amines) is 1. The Morgan fingerprint density at radius 2 is 1.21 bits per heavy atom. The summed E-state index contributed by atoms with van der Waals surface area (Å²) in [5.41, 5.74) is 28.4. The largest absolute Gasteiger partial charge is 0.508 e. The van der Waals surface area contributed by atoms with Gasteiger partial charge in [-0.25, -0.2) is 4.79 Å². The normalized spacial score (nSPS) is 17.2. The Labute approximate surface area is 442 Å². The van der Waals surface area contributed by atoms with Crippen molar-refractivity contribution in [1.29, 1.82) is 0 Å². The molecular weight excluding hydrogens is 997 g/mol. The van der Waals surface area contributed by atoms with E-state index in [1.54, 1.807) is 34.6 Å². The Morgan fingerprint density at radius 1 is 0.707 bits per heavy atom. The van der Waals surface area contributed by atoms with Crippen molar-refractivity contribution in [2.45, 2.75) is 154 Å². The summed E-state index contributed by atoms with van der Waals surface area (Å²) in [6, 6.07) is -6.05. The van der Waals surface area contributed by atoms with E-state index in [0.717, 1.165) is 0 Å². The maximum atomic E-state index is 14.4. The molecule has 11 atom stereocenters. The van der Waals surface area contributed by atoms with E-state index in [-0.39, 0.29) is 62.3 Å². The lowest BCUT2D eigenvalue weighted by atomic mass is 9.94. The molecule has 1 aromatic carbocycles. The molecule has 26 nitrogen and oxygen atoms in total. The summed E-state index contributed by atoms with van der Waals surface area (Å²) in [7, 11) is 0. The van der Waals surface area contributed by atoms with Crippen molar-refractivity contribution in [3.8, 4) is 5.75 Å². The maximum Gasteiger partial charge on any atom is 0.326 e. The molecule has 1 aliphatic rings. The van der Waals surface area contributed by atoms with Crippen LogP contribution in [0.1, 0.15) is 98.5 Å². The van der Waals surface area contributed by atoms with Crippen LogP contribution in [0.2, 0.25) is 0 Å². The zero-order chi connectivity index (χ0) is 56.7. The highest BCUT2D eigenvalue weighted by Gasteiger charge is 2.41. The number of nitrogens with two attached hydrogens (primary N) is 5. The van der Waals surface area contributed by atoms with Crippen LogP contribution in [0.3, 0.4) is 0 Å². The van der Waals surface area contributed by atoms with Crippen LogP contribution in [0.25, 0.3) is 0 Å². The topological polar surface area (TPSA) is 441 Å². The molecule has 2 rings (SSSR count). The van der Waals surface area contributed by atoms with Gasteiger partial charge in [-0.3, -0.25) is 48.1 Å². The number of carboxylic acids is 1. The fraction of sp³-hybridized carbons (Fsp3) is 0.646. The number of carbonyl (C=O) groups is 10. The predicted molar refractivity (Wildman–Crippen MR) is 281 cm³/mol. The summed E-state index contributed by atoms with van der Waals surface area (Å²) in [5.74, 6) is -10.8. The van der Waals surface area contributed by atoms with Gasteiger partial charge < -0.3 is 81.0 Å². The second-order valence-electron chi connectivity index (χ2n) is 19.1. The van der Waals surface area contributed by atoms with Gasteiger partial charge in [-0.15, -0.1) is 0 Å². The predicted octanol–water partition coefficient (Wildman–Crippen LogP) is -3.31. The molecule has 0 aromatic heterocycles. The summed E-state index contributed by atoms with van der Waals surface area (Å²) >= 11 is 4.25. The van der Waals surface area contributed by atoms with E-state index in [0.29, 0.717) is 37.8 Å². The van der Waals surface area contributed by atoms with E-state index < -0.39 is 132 Å². The van der Waals surface area contributed by atoms with Gasteiger partial charge in [0.15, 0.2) is 5.96 Å². The van der Waals surface area contributed by atoms with Crippen molar-refractivity contribution >= 4 is 77.7 Å². The van der Waals surface area contributed by atoms with E-state index in [9.17, 15) is 58.2 Å². The van der Waals surface area contributed by atoms with Gasteiger partial charge in [0.1, 0.15) is 54.1 Å². The lowest BCUT2D eigenvalue weighted by Gasteiger charge is -2.32. The number of carbonyl (C=O) groups excluding carboxylic acids is 9. The first-order valence-corrected chi connectivity index (χ1v) is 25.8. The van der Waals surface area contributed by atoms with E-state index in [4.69, 9.17) is 28.7 Å². The van der Waals surface area contributed by atoms with Gasteiger partial charge in [-0.2, -0.15) is 12.6 Å². The number of amides is 9. The van der Waals surface area contributed by atoms with Gasteiger partial charge >= 0.3 is 5.97 Å². The van der Waals surface area contributed by atoms with Gasteiger partial charge in [0.2, 0.25) is 53.2 Å². The average molecular weight is 1080 g/mol. The highest BCUT2D eigenvalue weighted by Crippen LogP contribution is 2.22. The molecule has 0 bridgehead atoms. The number of nitrogens with one attached hydrogen (secondary N) is 7. The first kappa shape index (κ1) is 64.4. The zero-order valence-corrected chi connectivity index (χ0v) is 44.5. The van der Waals surface area contributed by atoms with Crippen molar-refractivity contribution in [3.63, 3.8) is 0 Å². The fourth-order valence-corrected chi connectivity index (χ4v) is 8.16. The molecule has 0 aliphatic carbocycles. The molecule has 1 heterocycles. The fourth-order valence-electron chi connectivity index (χ4n) is 7.90. The van der Waals surface area contributed by atoms with Gasteiger partial charge in [0, 0.05) is 25.3 Å². The minimum atomic E-state index is -1.75. The molecular formula is C48H80N14O12S. The summed E-state index contributed by atoms with van der Waals surface area (Å²) < 4.78 is 0. The summed E-state index contributed by atoms with van der Waals surface area (Å²) in [6.07, 6.45) is 0.521. The monoisotopic (exact) mass is 1080 g/mol. The molecule has 1 saturated heterocycles. The smallest absolute Gasteiger partial charge is 0.326 e. The number of aromatic hydroxyl groups is 1. The number of aliphatic imine (C=N–C) groups is 1. The molecule has 0 unspecified atom stereocenters. The Balaban J connectivity index is 2.43. The Hall–Kier alpha value is -6.74. The molecule has 1 aliphatic heterocycles. The Bertz CT molecular complexity index is 2160. The highest BCUT2D eigenvalue weighted by molar-refractivity contribution is 7.80. The molecule has 19 N–H and O–H groups in total. The minimum Gasteiger partial charge on any atom is -0.508 e. The number of guanidine groups is 1. The van der Waals surface area contributed by atoms with E-state index in [1.807, 2.05) is 6.92 Å². The number of primary amides is 1. The molecule has 1 aromatic rings. The first-order valence-electron chi connectivity index (χ1n) is 25.1. The molecule has 1 fully saturated rings. The average Bonchev–Trinajstić information content (AvgIpc) is 3.86. The van der Waals surface area contributed by atoms with Crippen LogP contribution in [-0.4, -0.2) is 160 Å². The molecule has 0 spiro atoms. The minimum absolute atomic E-state index is 0.0109. The molecule has 75 heavy (non-hydrogen) atoms. The number of benzene rings is 1. The second-order valence-corrected chi connectivity index (χ2v) is 19.5. The molecule has 9 amide bonds. The molecule has 0 saturated carbocycles. The van der Waals surface area contributed by atoms with Crippen LogP contribution >= 0.6 is 12.6 Å². The van der Waals surface area contributed by atoms with Gasteiger partial charge in [0.05, 0.1) is 12.5 Å². The van der Waals surface area contributed by atoms with Crippen molar-refractivity contribution in [2.24, 2.45) is 51.4 Å². The maximum absolute atomic E-state index is 14.4. The van der Waals surface area contributed by atoms with Gasteiger partial charge in [0.25, 0.3) is 0 Å². The van der Waals surface area contributed by atoms with Crippen LogP contribution < -0.4 is 65.9 Å². The lowest BCUT2D eigenvalue weighted by molar-refractivity contribution is -0.142. The molecule has 27 heteroatoms. The van der Waals surface area contributed by atoms with Crippen molar-refractivity contribution in [3.05, 3.63) is 29.8 Å². The number of phenolic OH excluding ortho intramolecular Hbond substituents is 1. The first-order chi connectivity index (χ1) is 35.3. The molecule has 0 radical (unpaired) electrons. The Morgan fingerprint density at radius 3 is 1.75 bits per heavy atom. The van der Waals surface area contributed by atoms with Gasteiger partial charge in [-0.05, 0) is 74.1 Å². The third-order valence-electron chi connectivity index (χ3n) is 12.9. The van der Waals surface area contributed by atoms with Crippen molar-refractivity contribution < 1.29 is 58.2 Å². The summed E-state index contributed by atoms with van der Waals surface area (Å²) in [4.78, 5) is 140. The van der Waals surface area contributed by atoms with Crippen LogP contribution in [0.4, 0.5) is 0 Å². The third kappa shape index (κ3) is 20.8. The van der Waals surface area contributed by atoms with Crippen LogP contribution in [-0.2, 0) is 54.4 Å². The number of nitrogens with zero attached hydrogens (tertiary/aromatic N) is 2. The van der Waals surface area contributed by atoms with Crippen LogP contribution in [0.15, 0.2) is 29.3 Å². The van der Waals surface area contributed by atoms with Crippen LogP contribution in [0, 0.1) is 17.8 Å². The SMILES string of the molecule is CC[C@H](C)[C@H](NC(=O)[C@@H](NC(=O)[C@@H]1CCCN1C(=O)[C@@H](N)C(C)C)[C@@H](C)CC)C(=O)N[C@@H](Cc1ccc(O)cc1)C(=O)N[C@@H](CS)C(=O)N[C@@H](CC(N)=O)C(=O)N[C@@H](CCCN=C(N)N)C(=O)N[C@@H](CCN)C(=O)O. The summed E-state index contributed by atoms with van der Waals surface area (Å²) in [5, 5.41) is 37.4. The van der Waals surface area contributed by atoms with E-state index >= 15 is 0 Å². The standard InChI is InChI=1S/C48H80N14O12S/c1-7-25(5)37(61-45(71)38(26(6)8-2)60-43(69)34-12-10-20-62(34)46(72)36(51)24(3)4)44(70)58-31(21-27-13-15-28(63)16-14-27)40(66)59-33(23-75)42(68)57-32(22-35(50)64)41(67)55-29(11-9-19-54-48(52)53)39(65)56-30(17-18-49)47(73)74/h13-16,24-26,29-34,36-38,63,75H,7-12,17-23,49,51H2,1-6H3,(H2,50,64)(H,55,67)(H,56,65)(H,57,68)(H,58,70)(H,59,66)(H,60,69)(H,61,71)(H,73,74)(H4,52,53,54)/t25-,26-,29-,30-,31-,32-,33-,34-,36-,37-,38-/m0/s1. The number of aliphatic carboxylic acids is 1. The second kappa shape index (κ2) is 31.9. The Kier molecular flexibility index (Phi) is 27.4. The van der Waals surface area contributed by atoms with E-state index in [2.05, 4.69) is 54.8 Å². The molecule has 420 valence electrons. The quantitative estimate of drug-likeness (QED) is 0.0145. The number of phenols is 1.